The van der Waals surface area contributed by atoms with Crippen molar-refractivity contribution in [2.75, 3.05) is 7.05 Å². The van der Waals surface area contributed by atoms with Crippen molar-refractivity contribution in [1.82, 2.24) is 14.7 Å². The fourth-order valence-electron chi connectivity index (χ4n) is 3.02. The number of aromatic nitrogens is 2. The van der Waals surface area contributed by atoms with E-state index in [-0.39, 0.29) is 12.5 Å². The van der Waals surface area contributed by atoms with Gasteiger partial charge in [0.2, 0.25) is 0 Å². The molecule has 28 heavy (non-hydrogen) atoms. The Morgan fingerprint density at radius 2 is 1.93 bits per heavy atom. The lowest BCUT2D eigenvalue weighted by Crippen LogP contribution is -2.26. The topological polar surface area (TPSA) is 60.5 Å². The fourth-order valence-corrected chi connectivity index (χ4v) is 3.29. The van der Waals surface area contributed by atoms with E-state index in [9.17, 15) is 4.79 Å². The van der Waals surface area contributed by atoms with Gasteiger partial charge in [-0.25, -0.2) is 0 Å². The quantitative estimate of drug-likeness (QED) is 0.527. The number of furan rings is 1. The monoisotopic (exact) mass is 445 g/mol. The Kier molecular flexibility index (Phi) is 6.24. The van der Waals surface area contributed by atoms with Crippen LogP contribution in [0.2, 0.25) is 0 Å². The molecule has 6 nitrogen and oxygen atoms in total. The maximum atomic E-state index is 12.7. The Labute approximate surface area is 173 Å². The number of aryl methyl sites for hydroxylation is 2. The number of ether oxygens (including phenoxy) is 1. The molecule has 1 amide bonds. The summed E-state index contributed by atoms with van der Waals surface area (Å²) in [5.41, 5.74) is 3.10. The average molecular weight is 446 g/mol. The van der Waals surface area contributed by atoms with Crippen LogP contribution in [0, 0.1) is 13.8 Å². The SMILES string of the molecule is CCn1nc(C)c(CN(C)C(=O)c2ccc(COc3ccc(Br)cc3)o2)c1C. The van der Waals surface area contributed by atoms with Crippen LogP contribution in [0.3, 0.4) is 0 Å². The molecule has 148 valence electrons. The molecular formula is C21H24BrN3O3. The standard InChI is InChI=1S/C21H24BrN3O3/c1-5-25-15(3)19(14(2)23-25)12-24(4)21(26)20-11-10-18(28-20)13-27-17-8-6-16(22)7-9-17/h6-11H,5,12-13H2,1-4H3. The van der Waals surface area contributed by atoms with E-state index in [0.29, 0.717) is 18.1 Å². The number of amides is 1. The number of rotatable bonds is 7. The second-order valence-corrected chi connectivity index (χ2v) is 7.55. The number of hydrogen-bond donors (Lipinski definition) is 0. The van der Waals surface area contributed by atoms with E-state index < -0.39 is 0 Å². The molecule has 2 heterocycles. The summed E-state index contributed by atoms with van der Waals surface area (Å²) in [6.45, 7) is 7.62. The van der Waals surface area contributed by atoms with Crippen LogP contribution < -0.4 is 4.74 Å². The maximum Gasteiger partial charge on any atom is 0.289 e. The summed E-state index contributed by atoms with van der Waals surface area (Å²) in [6, 6.07) is 11.0. The first kappa shape index (κ1) is 20.2. The molecular weight excluding hydrogens is 422 g/mol. The first-order chi connectivity index (χ1) is 13.4. The zero-order chi connectivity index (χ0) is 20.3. The molecule has 0 aliphatic rings. The van der Waals surface area contributed by atoms with Crippen molar-refractivity contribution in [3.8, 4) is 5.75 Å². The molecule has 0 bridgehead atoms. The van der Waals surface area contributed by atoms with Crippen molar-refractivity contribution >= 4 is 21.8 Å². The van der Waals surface area contributed by atoms with Crippen molar-refractivity contribution in [3.63, 3.8) is 0 Å². The number of carbonyl (C=O) groups is 1. The molecule has 2 aromatic heterocycles. The van der Waals surface area contributed by atoms with Gasteiger partial charge in [0.15, 0.2) is 5.76 Å². The second-order valence-electron chi connectivity index (χ2n) is 6.63. The van der Waals surface area contributed by atoms with Gasteiger partial charge in [-0.2, -0.15) is 5.10 Å². The van der Waals surface area contributed by atoms with Crippen LogP contribution in [0.25, 0.3) is 0 Å². The summed E-state index contributed by atoms with van der Waals surface area (Å²) in [6.07, 6.45) is 0. The lowest BCUT2D eigenvalue weighted by atomic mass is 10.2. The highest BCUT2D eigenvalue weighted by atomic mass is 79.9. The minimum atomic E-state index is -0.169. The van der Waals surface area contributed by atoms with Gasteiger partial charge >= 0.3 is 0 Å². The van der Waals surface area contributed by atoms with E-state index in [2.05, 4.69) is 28.0 Å². The fraction of sp³-hybridized carbons (Fsp3) is 0.333. The van der Waals surface area contributed by atoms with Gasteiger partial charge < -0.3 is 14.1 Å². The molecule has 0 fully saturated rings. The third-order valence-corrected chi connectivity index (χ3v) is 5.17. The molecule has 7 heteroatoms. The lowest BCUT2D eigenvalue weighted by Gasteiger charge is -2.16. The maximum absolute atomic E-state index is 12.7. The highest BCUT2D eigenvalue weighted by Gasteiger charge is 2.20. The Balaban J connectivity index is 1.63. The van der Waals surface area contributed by atoms with E-state index in [0.717, 1.165) is 33.7 Å². The molecule has 0 unspecified atom stereocenters. The molecule has 0 spiro atoms. The predicted octanol–water partition coefficient (Wildman–Crippen LogP) is 4.73. The Bertz CT molecular complexity index is 960. The van der Waals surface area contributed by atoms with Crippen LogP contribution in [0.4, 0.5) is 0 Å². The zero-order valence-corrected chi connectivity index (χ0v) is 18.1. The van der Waals surface area contributed by atoms with Crippen molar-refractivity contribution < 1.29 is 13.9 Å². The van der Waals surface area contributed by atoms with E-state index in [4.69, 9.17) is 9.15 Å². The average Bonchev–Trinajstić information content (AvgIpc) is 3.26. The molecule has 0 atom stereocenters. The highest BCUT2D eigenvalue weighted by Crippen LogP contribution is 2.20. The third kappa shape index (κ3) is 4.47. The summed E-state index contributed by atoms with van der Waals surface area (Å²) in [4.78, 5) is 14.4. The Morgan fingerprint density at radius 1 is 1.21 bits per heavy atom. The molecule has 1 aromatic carbocycles. The molecule has 0 N–H and O–H groups in total. The van der Waals surface area contributed by atoms with Crippen LogP contribution in [-0.2, 0) is 19.7 Å². The summed E-state index contributed by atoms with van der Waals surface area (Å²) >= 11 is 3.39. The van der Waals surface area contributed by atoms with Gasteiger partial charge in [-0.05, 0) is 57.2 Å². The van der Waals surface area contributed by atoms with Gasteiger partial charge in [-0.15, -0.1) is 0 Å². The number of carbonyl (C=O) groups excluding carboxylic acids is 1. The van der Waals surface area contributed by atoms with Gasteiger partial charge in [-0.3, -0.25) is 9.48 Å². The smallest absolute Gasteiger partial charge is 0.289 e. The van der Waals surface area contributed by atoms with Crippen molar-refractivity contribution in [2.24, 2.45) is 0 Å². The van der Waals surface area contributed by atoms with Crippen molar-refractivity contribution in [2.45, 2.75) is 40.5 Å². The van der Waals surface area contributed by atoms with Crippen LogP contribution in [-0.4, -0.2) is 27.6 Å². The first-order valence-corrected chi connectivity index (χ1v) is 9.93. The number of hydrogen-bond acceptors (Lipinski definition) is 4. The number of halogens is 1. The Morgan fingerprint density at radius 3 is 2.57 bits per heavy atom. The summed E-state index contributed by atoms with van der Waals surface area (Å²) < 4.78 is 14.3. The molecule has 3 aromatic rings. The van der Waals surface area contributed by atoms with Gasteiger partial charge in [0.1, 0.15) is 18.1 Å². The van der Waals surface area contributed by atoms with Crippen LogP contribution >= 0.6 is 15.9 Å². The van der Waals surface area contributed by atoms with Crippen LogP contribution in [0.15, 0.2) is 45.3 Å². The largest absolute Gasteiger partial charge is 0.486 e. The van der Waals surface area contributed by atoms with Gasteiger partial charge in [0.05, 0.1) is 5.69 Å². The van der Waals surface area contributed by atoms with E-state index in [1.54, 1.807) is 24.1 Å². The molecule has 0 aliphatic heterocycles. The summed E-state index contributed by atoms with van der Waals surface area (Å²) in [7, 11) is 1.77. The molecule has 3 rings (SSSR count). The predicted molar refractivity (Wildman–Crippen MR) is 110 cm³/mol. The molecule has 0 radical (unpaired) electrons. The minimum Gasteiger partial charge on any atom is -0.486 e. The van der Waals surface area contributed by atoms with Crippen molar-refractivity contribution in [3.05, 3.63) is 69.3 Å². The minimum absolute atomic E-state index is 0.169. The van der Waals surface area contributed by atoms with E-state index in [1.165, 1.54) is 0 Å². The Hall–Kier alpha value is -2.54. The van der Waals surface area contributed by atoms with E-state index >= 15 is 0 Å². The summed E-state index contributed by atoms with van der Waals surface area (Å²) in [5.74, 6) is 1.47. The summed E-state index contributed by atoms with van der Waals surface area (Å²) in [5, 5.41) is 4.51. The molecule has 0 saturated carbocycles. The normalized spacial score (nSPS) is 10.9. The third-order valence-electron chi connectivity index (χ3n) is 4.64. The highest BCUT2D eigenvalue weighted by molar-refractivity contribution is 9.10. The van der Waals surface area contributed by atoms with Gasteiger partial charge in [-0.1, -0.05) is 15.9 Å². The second kappa shape index (κ2) is 8.65. The zero-order valence-electron chi connectivity index (χ0n) is 16.5. The molecule has 0 saturated heterocycles. The van der Waals surface area contributed by atoms with Gasteiger partial charge in [0.25, 0.3) is 5.91 Å². The van der Waals surface area contributed by atoms with Gasteiger partial charge in [0, 0.05) is 35.9 Å². The lowest BCUT2D eigenvalue weighted by molar-refractivity contribution is 0.0749. The van der Waals surface area contributed by atoms with Crippen LogP contribution in [0.1, 0.15) is 40.2 Å². The number of nitrogens with zero attached hydrogens (tertiary/aromatic N) is 3. The van der Waals surface area contributed by atoms with E-state index in [1.807, 2.05) is 42.8 Å². The van der Waals surface area contributed by atoms with Crippen molar-refractivity contribution in [1.29, 1.82) is 0 Å². The van der Waals surface area contributed by atoms with Crippen LogP contribution in [0.5, 0.6) is 5.75 Å². The molecule has 0 aliphatic carbocycles. The first-order valence-electron chi connectivity index (χ1n) is 9.14. The number of benzene rings is 1.